The minimum absolute atomic E-state index is 0.0153. The molecule has 0 fully saturated rings. The molecule has 0 atom stereocenters. The highest BCUT2D eigenvalue weighted by Crippen LogP contribution is 2.48. The van der Waals surface area contributed by atoms with Gasteiger partial charge in [0.2, 0.25) is 0 Å². The molecule has 0 unspecified atom stereocenters. The van der Waals surface area contributed by atoms with Gasteiger partial charge < -0.3 is 9.05 Å². The maximum absolute atomic E-state index is 2.75. The predicted octanol–water partition coefficient (Wildman–Crippen LogP) is 15.8. The van der Waals surface area contributed by atoms with Gasteiger partial charge in [0, 0.05) is 49.2 Å². The van der Waals surface area contributed by atoms with Crippen molar-refractivity contribution in [1.82, 2.24) is 9.05 Å². The first-order chi connectivity index (χ1) is 31.2. The van der Waals surface area contributed by atoms with E-state index in [1.54, 1.807) is 0 Å². The fourth-order valence-electron chi connectivity index (χ4n) is 11.6. The topological polar surface area (TPSA) is 9.86 Å². The highest BCUT2D eigenvalue weighted by molar-refractivity contribution is 6.90. The van der Waals surface area contributed by atoms with Gasteiger partial charge in [0.25, 0.3) is 0 Å². The lowest BCUT2D eigenvalue weighted by Gasteiger charge is -2.35. The number of aromatic nitrogens is 2. The normalized spacial score (nSPS) is 13.8. The molecule has 2 aliphatic rings. The second-order valence-corrected chi connectivity index (χ2v) is 24.0. The molecule has 10 aromatic rings. The molecule has 2 nitrogen and oxygen atoms in total. The summed E-state index contributed by atoms with van der Waals surface area (Å²) in [5.74, 6) is 0. The minimum Gasteiger partial charge on any atom is -0.375 e. The average molecular weight is 857 g/mol. The van der Waals surface area contributed by atoms with E-state index in [4.69, 9.17) is 0 Å². The molecule has 2 aromatic heterocycles. The van der Waals surface area contributed by atoms with Gasteiger partial charge in [0.15, 0.2) is 0 Å². The van der Waals surface area contributed by atoms with Gasteiger partial charge in [-0.1, -0.05) is 180 Å². The van der Waals surface area contributed by atoms with Crippen LogP contribution in [0.25, 0.3) is 93.5 Å². The van der Waals surface area contributed by atoms with Crippen molar-refractivity contribution in [2.24, 2.45) is 0 Å². The van der Waals surface area contributed by atoms with Crippen LogP contribution in [0.1, 0.15) is 111 Å². The van der Waals surface area contributed by atoms with Gasteiger partial charge in [-0.25, -0.2) is 0 Å². The summed E-state index contributed by atoms with van der Waals surface area (Å²) in [4.78, 5) is 0. The molecule has 0 N–H and O–H groups in total. The quantitative estimate of drug-likeness (QED) is 0.153. The molecule has 2 aliphatic heterocycles. The van der Waals surface area contributed by atoms with Gasteiger partial charge in [0.1, 0.15) is 0 Å². The lowest BCUT2D eigenvalue weighted by atomic mass is 9.45. The smallest absolute Gasteiger partial charge is 0.333 e. The second-order valence-electron chi connectivity index (χ2n) is 24.0. The van der Waals surface area contributed by atoms with Crippen LogP contribution in [0.3, 0.4) is 0 Å². The molecule has 0 amide bonds. The summed E-state index contributed by atoms with van der Waals surface area (Å²) in [6.45, 7) is 30.6. The van der Waals surface area contributed by atoms with E-state index < -0.39 is 0 Å². The van der Waals surface area contributed by atoms with Crippen LogP contribution in [0.15, 0.2) is 133 Å². The van der Waals surface area contributed by atoms with Crippen molar-refractivity contribution in [3.05, 3.63) is 161 Å². The van der Waals surface area contributed by atoms with E-state index in [1.807, 2.05) is 0 Å². The van der Waals surface area contributed by atoms with Crippen LogP contribution in [0.5, 0.6) is 0 Å². The molecule has 12 rings (SSSR count). The Hall–Kier alpha value is -6.32. The summed E-state index contributed by atoms with van der Waals surface area (Å²) in [6, 6.07) is 52.6. The van der Waals surface area contributed by atoms with Gasteiger partial charge >= 0.3 is 6.85 Å². The van der Waals surface area contributed by atoms with Crippen molar-refractivity contribution >= 4 is 72.2 Å². The summed E-state index contributed by atoms with van der Waals surface area (Å²) in [7, 11) is 0. The number of fused-ring (bicyclic) bond motifs is 12. The number of rotatable bonds is 2. The standard InChI is InChI=1S/C63H61BN2/c1-36-26-50-47-24-23-45-44(37-18-15-14-16-19-37)20-17-21-46(45)57(47)65-55-31-39(38-28-41(61(5,6)7)32-42(29-38)62(8,9)10)30-49-52-35-43(63(11,12)13)34-51-48-33-40(60(2,3)4)22-25-54(48)66(58(51)52)64(56(49)55)53(27-36)59(50)65/h14-35H,1-13H3. The lowest BCUT2D eigenvalue weighted by Crippen LogP contribution is -2.55. The lowest BCUT2D eigenvalue weighted by molar-refractivity contribution is 0.569. The summed E-state index contributed by atoms with van der Waals surface area (Å²) in [5, 5.41) is 7.90. The van der Waals surface area contributed by atoms with Crippen molar-refractivity contribution < 1.29 is 0 Å². The minimum atomic E-state index is -0.0558. The molecule has 0 spiro atoms. The van der Waals surface area contributed by atoms with Crippen molar-refractivity contribution in [1.29, 1.82) is 0 Å². The maximum atomic E-state index is 2.75. The molecule has 0 bridgehead atoms. The Balaban J connectivity index is 1.30. The summed E-state index contributed by atoms with van der Waals surface area (Å²) in [5.41, 5.74) is 23.8. The van der Waals surface area contributed by atoms with E-state index in [2.05, 4.69) is 233 Å². The zero-order valence-electron chi connectivity index (χ0n) is 41.2. The first-order valence-electron chi connectivity index (χ1n) is 24.2. The molecular formula is C63H61BN2. The Kier molecular flexibility index (Phi) is 8.36. The van der Waals surface area contributed by atoms with Gasteiger partial charge in [-0.3, -0.25) is 0 Å². The fraction of sp³-hybridized carbons (Fsp3) is 0.270. The molecule has 66 heavy (non-hydrogen) atoms. The molecule has 8 aromatic carbocycles. The van der Waals surface area contributed by atoms with Crippen molar-refractivity contribution in [2.75, 3.05) is 0 Å². The van der Waals surface area contributed by atoms with E-state index in [0.717, 1.165) is 0 Å². The van der Waals surface area contributed by atoms with E-state index in [1.165, 1.54) is 132 Å². The first-order valence-corrected chi connectivity index (χ1v) is 24.2. The summed E-state index contributed by atoms with van der Waals surface area (Å²) >= 11 is 0. The Morgan fingerprint density at radius 2 is 0.985 bits per heavy atom. The van der Waals surface area contributed by atoms with Crippen LogP contribution in [-0.4, -0.2) is 15.9 Å². The Labute approximate surface area is 391 Å². The van der Waals surface area contributed by atoms with Crippen molar-refractivity contribution in [3.63, 3.8) is 0 Å². The van der Waals surface area contributed by atoms with Gasteiger partial charge in [-0.05, 0) is 137 Å². The number of hydrogen-bond donors (Lipinski definition) is 0. The average Bonchev–Trinajstić information content (AvgIpc) is 3.78. The van der Waals surface area contributed by atoms with Gasteiger partial charge in [-0.15, -0.1) is 0 Å². The number of benzene rings is 8. The van der Waals surface area contributed by atoms with E-state index in [0.29, 0.717) is 0 Å². The van der Waals surface area contributed by atoms with Crippen molar-refractivity contribution in [2.45, 2.75) is 112 Å². The van der Waals surface area contributed by atoms with Crippen LogP contribution in [0.4, 0.5) is 0 Å². The number of nitrogens with zero attached hydrogens (tertiary/aromatic N) is 2. The summed E-state index contributed by atoms with van der Waals surface area (Å²) < 4.78 is 5.45. The fourth-order valence-corrected chi connectivity index (χ4v) is 11.6. The van der Waals surface area contributed by atoms with E-state index in [9.17, 15) is 0 Å². The highest BCUT2D eigenvalue weighted by Gasteiger charge is 2.43. The van der Waals surface area contributed by atoms with Crippen LogP contribution < -0.4 is 10.9 Å². The third-order valence-corrected chi connectivity index (χ3v) is 15.3. The van der Waals surface area contributed by atoms with Crippen molar-refractivity contribution in [3.8, 4) is 39.1 Å². The maximum Gasteiger partial charge on any atom is 0.333 e. The van der Waals surface area contributed by atoms with Gasteiger partial charge in [-0.2, -0.15) is 0 Å². The van der Waals surface area contributed by atoms with Crippen LogP contribution in [0.2, 0.25) is 0 Å². The third kappa shape index (κ3) is 5.87. The van der Waals surface area contributed by atoms with Crippen LogP contribution in [-0.2, 0) is 21.7 Å². The number of hydrogen-bond acceptors (Lipinski definition) is 0. The van der Waals surface area contributed by atoms with E-state index >= 15 is 0 Å². The molecule has 0 saturated carbocycles. The predicted molar refractivity (Wildman–Crippen MR) is 288 cm³/mol. The summed E-state index contributed by atoms with van der Waals surface area (Å²) in [6.07, 6.45) is 0. The molecule has 0 aliphatic carbocycles. The molecule has 3 heteroatoms. The highest BCUT2D eigenvalue weighted by atomic mass is 15.0. The van der Waals surface area contributed by atoms with Crippen LogP contribution >= 0.6 is 0 Å². The Morgan fingerprint density at radius 3 is 1.67 bits per heavy atom. The molecular weight excluding hydrogens is 796 g/mol. The molecule has 326 valence electrons. The molecule has 0 saturated heterocycles. The second kappa shape index (κ2) is 13.4. The number of aryl methyl sites for hydroxylation is 1. The SMILES string of the molecule is Cc1cc2c3c(c1)c1ccc4c(-c5ccccc5)cccc4c1n3-c1cc(-c3cc(C(C)(C)C)cc(C(C)(C)C)c3)cc3c1B2n1c2ccc(C(C)(C)C)cc2c2cc(C(C)(C)C)cc-3c21. The zero-order chi connectivity index (χ0) is 46.1. The molecule has 0 radical (unpaired) electrons. The first kappa shape index (κ1) is 41.1. The largest absolute Gasteiger partial charge is 0.375 e. The Bertz CT molecular complexity index is 3700. The Morgan fingerprint density at radius 1 is 0.379 bits per heavy atom. The zero-order valence-corrected chi connectivity index (χ0v) is 41.2. The van der Waals surface area contributed by atoms with E-state index in [-0.39, 0.29) is 28.5 Å². The van der Waals surface area contributed by atoms with Crippen LogP contribution in [0, 0.1) is 6.92 Å². The molecule has 4 heterocycles. The van der Waals surface area contributed by atoms with Gasteiger partial charge in [0.05, 0.1) is 11.0 Å². The monoisotopic (exact) mass is 856 g/mol. The third-order valence-electron chi connectivity index (χ3n) is 15.3.